The summed E-state index contributed by atoms with van der Waals surface area (Å²) in [5.74, 6) is 0.630. The fourth-order valence-electron chi connectivity index (χ4n) is 3.58. The van der Waals surface area contributed by atoms with Gasteiger partial charge in [0, 0.05) is 16.9 Å². The Balaban J connectivity index is 1.30. The number of nitrogens with zero attached hydrogens (tertiary/aromatic N) is 3. The smallest absolute Gasteiger partial charge is 0.259 e. The molecule has 0 atom stereocenters. The van der Waals surface area contributed by atoms with Crippen LogP contribution in [0.4, 0.5) is 5.69 Å². The normalized spacial score (nSPS) is 11.0. The standard InChI is InChI=1S/C25H21N5O/c1-17-21(15-26-30(17)16-18-7-3-2-4-8-18)25(31)27-20-13-11-19(12-14-20)24-28-22-9-5-6-10-23(22)29-24/h2-15H,16H2,1H3,(H,27,31)(H,28,29). The van der Waals surface area contributed by atoms with Crippen LogP contribution in [0.2, 0.25) is 0 Å². The van der Waals surface area contributed by atoms with Gasteiger partial charge < -0.3 is 10.3 Å². The van der Waals surface area contributed by atoms with Crippen LogP contribution in [0, 0.1) is 6.92 Å². The highest BCUT2D eigenvalue weighted by Crippen LogP contribution is 2.22. The van der Waals surface area contributed by atoms with Crippen LogP contribution in [0.5, 0.6) is 0 Å². The van der Waals surface area contributed by atoms with Crippen LogP contribution in [0.3, 0.4) is 0 Å². The van der Waals surface area contributed by atoms with Gasteiger partial charge in [-0.15, -0.1) is 0 Å². The number of anilines is 1. The molecule has 0 aliphatic heterocycles. The molecule has 5 aromatic rings. The quantitative estimate of drug-likeness (QED) is 0.429. The Hall–Kier alpha value is -4.19. The van der Waals surface area contributed by atoms with E-state index in [2.05, 4.69) is 20.4 Å². The maximum absolute atomic E-state index is 12.8. The van der Waals surface area contributed by atoms with Gasteiger partial charge in [0.15, 0.2) is 0 Å². The summed E-state index contributed by atoms with van der Waals surface area (Å²) < 4.78 is 1.84. The molecule has 0 saturated heterocycles. The van der Waals surface area contributed by atoms with Crippen molar-refractivity contribution >= 4 is 22.6 Å². The third-order valence-corrected chi connectivity index (χ3v) is 5.33. The summed E-state index contributed by atoms with van der Waals surface area (Å²) in [5.41, 5.74) is 6.15. The van der Waals surface area contributed by atoms with Crippen molar-refractivity contribution in [3.8, 4) is 11.4 Å². The summed E-state index contributed by atoms with van der Waals surface area (Å²) in [6.45, 7) is 2.54. The van der Waals surface area contributed by atoms with E-state index in [-0.39, 0.29) is 5.91 Å². The van der Waals surface area contributed by atoms with Crippen molar-refractivity contribution in [1.82, 2.24) is 19.7 Å². The van der Waals surface area contributed by atoms with Crippen molar-refractivity contribution in [2.24, 2.45) is 0 Å². The number of benzene rings is 3. The lowest BCUT2D eigenvalue weighted by atomic mass is 10.2. The van der Waals surface area contributed by atoms with E-state index in [4.69, 9.17) is 0 Å². The van der Waals surface area contributed by atoms with Gasteiger partial charge in [0.05, 0.1) is 29.3 Å². The van der Waals surface area contributed by atoms with E-state index >= 15 is 0 Å². The fourth-order valence-corrected chi connectivity index (χ4v) is 3.58. The Kier molecular flexibility index (Phi) is 4.80. The number of fused-ring (bicyclic) bond motifs is 1. The molecule has 0 aliphatic carbocycles. The van der Waals surface area contributed by atoms with Crippen molar-refractivity contribution in [2.75, 3.05) is 5.32 Å². The number of hydrogen-bond acceptors (Lipinski definition) is 3. The van der Waals surface area contributed by atoms with Gasteiger partial charge in [-0.05, 0) is 48.9 Å². The predicted octanol–water partition coefficient (Wildman–Crippen LogP) is 5.04. The van der Waals surface area contributed by atoms with E-state index in [1.165, 1.54) is 0 Å². The minimum absolute atomic E-state index is 0.173. The first kappa shape index (κ1) is 18.8. The van der Waals surface area contributed by atoms with Crippen LogP contribution in [0.25, 0.3) is 22.4 Å². The van der Waals surface area contributed by atoms with Crippen molar-refractivity contribution in [3.05, 3.63) is 102 Å². The van der Waals surface area contributed by atoms with Gasteiger partial charge in [-0.2, -0.15) is 5.10 Å². The van der Waals surface area contributed by atoms with E-state index in [9.17, 15) is 4.79 Å². The molecular weight excluding hydrogens is 386 g/mol. The van der Waals surface area contributed by atoms with Gasteiger partial charge in [-0.25, -0.2) is 4.98 Å². The highest BCUT2D eigenvalue weighted by Gasteiger charge is 2.15. The molecule has 0 fully saturated rings. The summed E-state index contributed by atoms with van der Waals surface area (Å²) >= 11 is 0. The zero-order chi connectivity index (χ0) is 21.2. The third-order valence-electron chi connectivity index (χ3n) is 5.33. The molecule has 152 valence electrons. The number of aromatic amines is 1. The van der Waals surface area contributed by atoms with Crippen LogP contribution in [-0.2, 0) is 6.54 Å². The van der Waals surface area contributed by atoms with Crippen LogP contribution in [0.1, 0.15) is 21.6 Å². The largest absolute Gasteiger partial charge is 0.338 e. The van der Waals surface area contributed by atoms with Crippen LogP contribution >= 0.6 is 0 Å². The van der Waals surface area contributed by atoms with Crippen LogP contribution < -0.4 is 5.32 Å². The topological polar surface area (TPSA) is 75.6 Å². The molecule has 31 heavy (non-hydrogen) atoms. The number of nitrogens with one attached hydrogen (secondary N) is 2. The maximum atomic E-state index is 12.8. The molecule has 2 heterocycles. The Morgan fingerprint density at radius 2 is 1.71 bits per heavy atom. The molecule has 2 N–H and O–H groups in total. The van der Waals surface area contributed by atoms with E-state index in [1.54, 1.807) is 6.20 Å². The Labute approximate surface area is 179 Å². The van der Waals surface area contributed by atoms with E-state index in [1.807, 2.05) is 90.5 Å². The molecule has 0 radical (unpaired) electrons. The number of para-hydroxylation sites is 2. The SMILES string of the molecule is Cc1c(C(=O)Nc2ccc(-c3nc4ccccc4[nH]3)cc2)cnn1Cc1ccccc1. The number of H-pyrrole nitrogens is 1. The molecule has 6 nitrogen and oxygen atoms in total. The average Bonchev–Trinajstić information content (AvgIpc) is 3.39. The monoisotopic (exact) mass is 407 g/mol. The van der Waals surface area contributed by atoms with Crippen molar-refractivity contribution in [1.29, 1.82) is 0 Å². The molecule has 0 saturated carbocycles. The van der Waals surface area contributed by atoms with Gasteiger partial charge in [0.2, 0.25) is 0 Å². The second-order valence-electron chi connectivity index (χ2n) is 7.42. The van der Waals surface area contributed by atoms with E-state index in [0.29, 0.717) is 12.1 Å². The number of hydrogen-bond donors (Lipinski definition) is 2. The molecule has 0 bridgehead atoms. The lowest BCUT2D eigenvalue weighted by Crippen LogP contribution is -2.13. The van der Waals surface area contributed by atoms with Crippen molar-refractivity contribution in [2.45, 2.75) is 13.5 Å². The van der Waals surface area contributed by atoms with Gasteiger partial charge in [0.25, 0.3) is 5.91 Å². The lowest BCUT2D eigenvalue weighted by molar-refractivity contribution is 0.102. The second kappa shape index (κ2) is 7.91. The zero-order valence-electron chi connectivity index (χ0n) is 17.0. The second-order valence-corrected chi connectivity index (χ2v) is 7.42. The maximum Gasteiger partial charge on any atom is 0.259 e. The minimum atomic E-state index is -0.173. The highest BCUT2D eigenvalue weighted by molar-refractivity contribution is 6.05. The number of carbonyl (C=O) groups is 1. The Morgan fingerprint density at radius 3 is 2.48 bits per heavy atom. The molecule has 0 unspecified atom stereocenters. The first-order valence-corrected chi connectivity index (χ1v) is 10.1. The minimum Gasteiger partial charge on any atom is -0.338 e. The average molecular weight is 407 g/mol. The molecule has 2 aromatic heterocycles. The Bertz CT molecular complexity index is 1320. The fraction of sp³-hybridized carbons (Fsp3) is 0.0800. The van der Waals surface area contributed by atoms with Gasteiger partial charge in [0.1, 0.15) is 5.82 Å². The summed E-state index contributed by atoms with van der Waals surface area (Å²) in [7, 11) is 0. The third kappa shape index (κ3) is 3.83. The highest BCUT2D eigenvalue weighted by atomic mass is 16.1. The summed E-state index contributed by atoms with van der Waals surface area (Å²) in [5, 5.41) is 7.35. The van der Waals surface area contributed by atoms with Crippen LogP contribution in [-0.4, -0.2) is 25.7 Å². The summed E-state index contributed by atoms with van der Waals surface area (Å²) in [6.07, 6.45) is 1.62. The summed E-state index contributed by atoms with van der Waals surface area (Å²) in [4.78, 5) is 20.7. The van der Waals surface area contributed by atoms with Gasteiger partial charge in [-0.3, -0.25) is 9.48 Å². The number of rotatable bonds is 5. The lowest BCUT2D eigenvalue weighted by Gasteiger charge is -2.07. The molecule has 1 amide bonds. The van der Waals surface area contributed by atoms with Crippen LogP contribution in [0.15, 0.2) is 85.1 Å². The number of aromatic nitrogens is 4. The molecular formula is C25H21N5O. The van der Waals surface area contributed by atoms with Gasteiger partial charge in [-0.1, -0.05) is 42.5 Å². The first-order valence-electron chi connectivity index (χ1n) is 10.1. The van der Waals surface area contributed by atoms with E-state index < -0.39 is 0 Å². The van der Waals surface area contributed by atoms with Gasteiger partial charge >= 0.3 is 0 Å². The van der Waals surface area contributed by atoms with Crippen molar-refractivity contribution < 1.29 is 4.79 Å². The number of amides is 1. The first-order chi connectivity index (χ1) is 15.2. The zero-order valence-corrected chi connectivity index (χ0v) is 17.0. The number of carbonyl (C=O) groups excluding carboxylic acids is 1. The summed E-state index contributed by atoms with van der Waals surface area (Å²) in [6, 6.07) is 25.6. The predicted molar refractivity (Wildman–Crippen MR) is 122 cm³/mol. The molecule has 5 rings (SSSR count). The molecule has 3 aromatic carbocycles. The Morgan fingerprint density at radius 1 is 0.968 bits per heavy atom. The molecule has 0 aliphatic rings. The molecule has 6 heteroatoms. The number of imidazole rings is 1. The van der Waals surface area contributed by atoms with E-state index in [0.717, 1.165) is 39.4 Å². The molecule has 0 spiro atoms. The van der Waals surface area contributed by atoms with Crippen molar-refractivity contribution in [3.63, 3.8) is 0 Å².